The van der Waals surface area contributed by atoms with E-state index in [1.54, 1.807) is 0 Å². The minimum absolute atomic E-state index is 0.353. The maximum Gasteiger partial charge on any atom is 0.144 e. The lowest BCUT2D eigenvalue weighted by Crippen LogP contribution is -2.20. The van der Waals surface area contributed by atoms with Gasteiger partial charge >= 0.3 is 0 Å². The Hall–Kier alpha value is -1.42. The summed E-state index contributed by atoms with van der Waals surface area (Å²) in [6.45, 7) is 2.92. The van der Waals surface area contributed by atoms with Gasteiger partial charge in [-0.05, 0) is 40.4 Å². The predicted octanol–water partition coefficient (Wildman–Crippen LogP) is 3.36. The highest BCUT2D eigenvalue weighted by Gasteiger charge is 2.29. The Bertz CT molecular complexity index is 583. The lowest BCUT2D eigenvalue weighted by Gasteiger charge is -2.29. The molecule has 4 heteroatoms. The molecule has 0 bridgehead atoms. The molecule has 1 aromatic carbocycles. The number of nitrogens with one attached hydrogen (secondary N) is 1. The lowest BCUT2D eigenvalue weighted by molar-refractivity contribution is 0.659. The first-order valence-corrected chi connectivity index (χ1v) is 6.93. The van der Waals surface area contributed by atoms with Crippen molar-refractivity contribution in [1.29, 1.82) is 0 Å². The van der Waals surface area contributed by atoms with Crippen molar-refractivity contribution in [3.63, 3.8) is 0 Å². The van der Waals surface area contributed by atoms with Crippen LogP contribution in [0.4, 0.5) is 5.82 Å². The molecule has 3 rings (SSSR count). The molecule has 0 aliphatic heterocycles. The third kappa shape index (κ3) is 1.90. The van der Waals surface area contributed by atoms with E-state index in [4.69, 9.17) is 0 Å². The third-order valence-electron chi connectivity index (χ3n) is 3.27. The van der Waals surface area contributed by atoms with Crippen molar-refractivity contribution in [2.24, 2.45) is 0 Å². The first kappa shape index (κ1) is 11.7. The first-order chi connectivity index (χ1) is 8.79. The topological polar surface area (TPSA) is 37.8 Å². The van der Waals surface area contributed by atoms with Gasteiger partial charge in [-0.3, -0.25) is 0 Å². The minimum atomic E-state index is 0.353. The number of hydrogen-bond donors (Lipinski definition) is 1. The van der Waals surface area contributed by atoms with E-state index in [0.29, 0.717) is 5.92 Å². The van der Waals surface area contributed by atoms with Gasteiger partial charge in [-0.1, -0.05) is 24.3 Å². The molecule has 92 valence electrons. The van der Waals surface area contributed by atoms with E-state index in [-0.39, 0.29) is 0 Å². The van der Waals surface area contributed by atoms with Gasteiger partial charge in [0.15, 0.2) is 0 Å². The maximum absolute atomic E-state index is 4.61. The summed E-state index contributed by atoms with van der Waals surface area (Å²) in [5, 5.41) is 3.25. The molecule has 0 saturated carbocycles. The second-order valence-corrected chi connectivity index (χ2v) is 5.26. The summed E-state index contributed by atoms with van der Waals surface area (Å²) in [7, 11) is 0. The fraction of sp³-hybridized carbons (Fsp3) is 0.286. The minimum Gasteiger partial charge on any atom is -0.369 e. The van der Waals surface area contributed by atoms with Gasteiger partial charge in [-0.25, -0.2) is 9.97 Å². The van der Waals surface area contributed by atoms with Crippen LogP contribution in [0.2, 0.25) is 0 Å². The summed E-state index contributed by atoms with van der Waals surface area (Å²) in [6, 6.07) is 8.51. The molecule has 18 heavy (non-hydrogen) atoms. The van der Waals surface area contributed by atoms with Gasteiger partial charge in [-0.15, -0.1) is 0 Å². The van der Waals surface area contributed by atoms with Crippen molar-refractivity contribution < 1.29 is 0 Å². The van der Waals surface area contributed by atoms with E-state index < -0.39 is 0 Å². The van der Waals surface area contributed by atoms with Crippen LogP contribution in [0.1, 0.15) is 29.8 Å². The van der Waals surface area contributed by atoms with Crippen molar-refractivity contribution >= 4 is 21.7 Å². The highest BCUT2D eigenvalue weighted by atomic mass is 79.9. The number of aromatic nitrogens is 2. The Kier molecular flexibility index (Phi) is 3.04. The fourth-order valence-electron chi connectivity index (χ4n) is 2.33. The molecule has 0 fully saturated rings. The smallest absolute Gasteiger partial charge is 0.144 e. The zero-order chi connectivity index (χ0) is 12.5. The molecule has 3 nitrogen and oxygen atoms in total. The molecule has 1 aliphatic carbocycles. The lowest BCUT2D eigenvalue weighted by atomic mass is 9.77. The monoisotopic (exact) mass is 303 g/mol. The largest absolute Gasteiger partial charge is 0.369 e. The summed E-state index contributed by atoms with van der Waals surface area (Å²) in [5.74, 6) is 2.14. The molecular formula is C14H14BrN3. The molecule has 1 unspecified atom stereocenters. The van der Waals surface area contributed by atoms with E-state index >= 15 is 0 Å². The van der Waals surface area contributed by atoms with Crippen molar-refractivity contribution in [2.75, 3.05) is 11.9 Å². The third-order valence-corrected chi connectivity index (χ3v) is 3.85. The normalized spacial score (nSPS) is 16.9. The van der Waals surface area contributed by atoms with Gasteiger partial charge in [-0.2, -0.15) is 0 Å². The number of rotatable bonds is 3. The van der Waals surface area contributed by atoms with Crippen LogP contribution in [0.3, 0.4) is 0 Å². The number of halogens is 1. The molecule has 1 atom stereocenters. The second kappa shape index (κ2) is 4.69. The van der Waals surface area contributed by atoms with Crippen molar-refractivity contribution in [3.8, 4) is 0 Å². The summed E-state index contributed by atoms with van der Waals surface area (Å²) in [4.78, 5) is 9.06. The second-order valence-electron chi connectivity index (χ2n) is 4.41. The number of anilines is 1. The number of hydrogen-bond acceptors (Lipinski definition) is 3. The van der Waals surface area contributed by atoms with E-state index in [9.17, 15) is 0 Å². The SMILES string of the molecule is CCNc1nc(C2Cc3ccccc32)ncc1Br. The number of fused-ring (bicyclic) bond motifs is 1. The molecule has 0 radical (unpaired) electrons. The van der Waals surface area contributed by atoms with Crippen LogP contribution in [-0.4, -0.2) is 16.5 Å². The Morgan fingerprint density at radius 3 is 3.00 bits per heavy atom. The Morgan fingerprint density at radius 2 is 2.22 bits per heavy atom. The highest BCUT2D eigenvalue weighted by molar-refractivity contribution is 9.10. The number of benzene rings is 1. The predicted molar refractivity (Wildman–Crippen MR) is 75.9 cm³/mol. The van der Waals surface area contributed by atoms with E-state index in [2.05, 4.69) is 62.4 Å². The van der Waals surface area contributed by atoms with Gasteiger partial charge in [0.25, 0.3) is 0 Å². The van der Waals surface area contributed by atoms with E-state index in [1.807, 2.05) is 6.20 Å². The summed E-state index contributed by atoms with van der Waals surface area (Å²) >= 11 is 3.46. The first-order valence-electron chi connectivity index (χ1n) is 6.13. The molecule has 2 aromatic rings. The van der Waals surface area contributed by atoms with Crippen molar-refractivity contribution in [1.82, 2.24) is 9.97 Å². The molecule has 0 amide bonds. The van der Waals surface area contributed by atoms with Gasteiger partial charge in [0.05, 0.1) is 4.47 Å². The molecule has 1 N–H and O–H groups in total. The van der Waals surface area contributed by atoms with Crippen molar-refractivity contribution in [2.45, 2.75) is 19.3 Å². The molecular weight excluding hydrogens is 290 g/mol. The summed E-state index contributed by atoms with van der Waals surface area (Å²) in [6.07, 6.45) is 2.88. The fourth-order valence-corrected chi connectivity index (χ4v) is 2.66. The molecule has 1 heterocycles. The summed E-state index contributed by atoms with van der Waals surface area (Å²) in [5.41, 5.74) is 2.78. The average molecular weight is 304 g/mol. The zero-order valence-corrected chi connectivity index (χ0v) is 11.7. The van der Waals surface area contributed by atoms with Gasteiger partial charge in [0.1, 0.15) is 11.6 Å². The average Bonchev–Trinajstić information content (AvgIpc) is 2.35. The zero-order valence-electron chi connectivity index (χ0n) is 10.2. The van der Waals surface area contributed by atoms with E-state index in [1.165, 1.54) is 11.1 Å². The van der Waals surface area contributed by atoms with Crippen molar-refractivity contribution in [3.05, 3.63) is 51.9 Å². The molecule has 0 saturated heterocycles. The molecule has 0 spiro atoms. The van der Waals surface area contributed by atoms with Crippen LogP contribution in [-0.2, 0) is 6.42 Å². The highest BCUT2D eigenvalue weighted by Crippen LogP contribution is 2.38. The maximum atomic E-state index is 4.61. The van der Waals surface area contributed by atoms with Gasteiger partial charge < -0.3 is 5.32 Å². The Balaban J connectivity index is 1.93. The Labute approximate surface area is 115 Å². The number of nitrogens with zero attached hydrogens (tertiary/aromatic N) is 2. The quantitative estimate of drug-likeness (QED) is 0.945. The van der Waals surface area contributed by atoms with Crippen LogP contribution >= 0.6 is 15.9 Å². The molecule has 1 aromatic heterocycles. The van der Waals surface area contributed by atoms with Crippen LogP contribution in [0, 0.1) is 0 Å². The van der Waals surface area contributed by atoms with Crippen LogP contribution in [0.25, 0.3) is 0 Å². The Morgan fingerprint density at radius 1 is 1.39 bits per heavy atom. The van der Waals surface area contributed by atoms with E-state index in [0.717, 1.165) is 29.1 Å². The summed E-state index contributed by atoms with van der Waals surface area (Å²) < 4.78 is 0.917. The standard InChI is InChI=1S/C14H14BrN3/c1-2-16-14-12(15)8-17-13(18-14)11-7-9-5-3-4-6-10(9)11/h3-6,8,11H,2,7H2,1H3,(H,16,17,18). The van der Waals surface area contributed by atoms with Crippen LogP contribution in [0.5, 0.6) is 0 Å². The van der Waals surface area contributed by atoms with Gasteiger partial charge in [0, 0.05) is 18.7 Å². The van der Waals surface area contributed by atoms with Crippen LogP contribution < -0.4 is 5.32 Å². The van der Waals surface area contributed by atoms with Crippen LogP contribution in [0.15, 0.2) is 34.9 Å². The molecule has 1 aliphatic rings. The van der Waals surface area contributed by atoms with Gasteiger partial charge in [0.2, 0.25) is 0 Å².